The normalized spacial score (nSPS) is 15.0. The Bertz CT molecular complexity index is 1610. The van der Waals surface area contributed by atoms with Crippen molar-refractivity contribution in [1.82, 2.24) is 15.6 Å². The number of anilines is 2. The highest BCUT2D eigenvalue weighted by Crippen LogP contribution is 2.28. The van der Waals surface area contributed by atoms with Crippen LogP contribution in [0.1, 0.15) is 30.0 Å². The van der Waals surface area contributed by atoms with Gasteiger partial charge in [-0.1, -0.05) is 66.7 Å². The summed E-state index contributed by atoms with van der Waals surface area (Å²) in [5.41, 5.74) is 4.67. The van der Waals surface area contributed by atoms with Crippen molar-refractivity contribution in [3.05, 3.63) is 115 Å². The van der Waals surface area contributed by atoms with Gasteiger partial charge >= 0.3 is 12.0 Å². The van der Waals surface area contributed by atoms with Crippen LogP contribution in [-0.4, -0.2) is 40.5 Å². The van der Waals surface area contributed by atoms with Crippen LogP contribution in [0.3, 0.4) is 0 Å². The SMILES string of the molecule is O=C(O)CC(NC(=O)C1CC(=O)N(c2cccc(NC(=O)NCc3ccccc3-c3ccccc3)c2)C1)c1cccnc1. The molecular weight excluding hydrogens is 546 g/mol. The summed E-state index contributed by atoms with van der Waals surface area (Å²) in [5.74, 6) is -2.37. The fourth-order valence-corrected chi connectivity index (χ4v) is 5.11. The molecule has 2 atom stereocenters. The number of rotatable bonds is 10. The molecule has 0 radical (unpaired) electrons. The van der Waals surface area contributed by atoms with Crippen LogP contribution in [0.4, 0.5) is 16.2 Å². The lowest BCUT2D eigenvalue weighted by Gasteiger charge is -2.20. The first kappa shape index (κ1) is 29.0. The van der Waals surface area contributed by atoms with E-state index in [1.54, 1.807) is 42.6 Å². The van der Waals surface area contributed by atoms with Crippen molar-refractivity contribution in [3.63, 3.8) is 0 Å². The molecule has 1 aliphatic rings. The third-order valence-corrected chi connectivity index (χ3v) is 7.24. The van der Waals surface area contributed by atoms with Gasteiger partial charge in [0, 0.05) is 43.3 Å². The number of nitrogens with zero attached hydrogens (tertiary/aromatic N) is 2. The molecule has 4 aromatic rings. The summed E-state index contributed by atoms with van der Waals surface area (Å²) in [6, 6.07) is 26.9. The molecule has 2 unspecified atom stereocenters. The van der Waals surface area contributed by atoms with Crippen LogP contribution in [0.5, 0.6) is 0 Å². The summed E-state index contributed by atoms with van der Waals surface area (Å²) >= 11 is 0. The molecular formula is C33H31N5O5. The number of carbonyl (C=O) groups is 4. The molecule has 1 fully saturated rings. The topological polar surface area (TPSA) is 141 Å². The van der Waals surface area contributed by atoms with Gasteiger partial charge in [-0.15, -0.1) is 0 Å². The molecule has 0 aliphatic carbocycles. The highest BCUT2D eigenvalue weighted by Gasteiger charge is 2.36. The minimum Gasteiger partial charge on any atom is -0.481 e. The average molecular weight is 578 g/mol. The number of benzene rings is 3. The molecule has 0 spiro atoms. The van der Waals surface area contributed by atoms with Crippen LogP contribution in [0.15, 0.2) is 103 Å². The van der Waals surface area contributed by atoms with Crippen molar-refractivity contribution in [2.24, 2.45) is 5.92 Å². The number of hydrogen-bond donors (Lipinski definition) is 4. The lowest BCUT2D eigenvalue weighted by Crippen LogP contribution is -2.36. The summed E-state index contributed by atoms with van der Waals surface area (Å²) in [6.07, 6.45) is 2.75. The fourth-order valence-electron chi connectivity index (χ4n) is 5.11. The zero-order valence-electron chi connectivity index (χ0n) is 23.3. The Morgan fingerprint density at radius 2 is 1.74 bits per heavy atom. The van der Waals surface area contributed by atoms with E-state index in [2.05, 4.69) is 20.9 Å². The van der Waals surface area contributed by atoms with Crippen LogP contribution in [0, 0.1) is 5.92 Å². The van der Waals surface area contributed by atoms with E-state index in [-0.39, 0.29) is 25.3 Å². The van der Waals surface area contributed by atoms with E-state index < -0.39 is 29.9 Å². The summed E-state index contributed by atoms with van der Waals surface area (Å²) in [7, 11) is 0. The second-order valence-corrected chi connectivity index (χ2v) is 10.2. The lowest BCUT2D eigenvalue weighted by atomic mass is 10.00. The molecule has 4 amide bonds. The summed E-state index contributed by atoms with van der Waals surface area (Å²) in [6.45, 7) is 0.448. The molecule has 3 aromatic carbocycles. The van der Waals surface area contributed by atoms with Gasteiger partial charge in [0.25, 0.3) is 0 Å². The zero-order valence-corrected chi connectivity index (χ0v) is 23.3. The number of nitrogens with one attached hydrogen (secondary N) is 3. The summed E-state index contributed by atoms with van der Waals surface area (Å²) in [5, 5.41) is 17.8. The van der Waals surface area contributed by atoms with Crippen molar-refractivity contribution in [3.8, 4) is 11.1 Å². The minimum absolute atomic E-state index is 0.0162. The fraction of sp³-hybridized carbons (Fsp3) is 0.182. The third-order valence-electron chi connectivity index (χ3n) is 7.24. The maximum absolute atomic E-state index is 13.1. The molecule has 1 saturated heterocycles. The van der Waals surface area contributed by atoms with Crippen molar-refractivity contribution < 1.29 is 24.3 Å². The first-order valence-electron chi connectivity index (χ1n) is 13.9. The number of aromatic nitrogens is 1. The maximum Gasteiger partial charge on any atom is 0.319 e. The molecule has 5 rings (SSSR count). The molecule has 2 heterocycles. The predicted molar refractivity (Wildman–Crippen MR) is 162 cm³/mol. The van der Waals surface area contributed by atoms with E-state index in [1.807, 2.05) is 54.6 Å². The Labute approximate surface area is 248 Å². The molecule has 4 N–H and O–H groups in total. The lowest BCUT2D eigenvalue weighted by molar-refractivity contribution is -0.138. The van der Waals surface area contributed by atoms with E-state index in [9.17, 15) is 24.3 Å². The first-order chi connectivity index (χ1) is 20.9. The summed E-state index contributed by atoms with van der Waals surface area (Å²) in [4.78, 5) is 55.7. The number of carboxylic acids is 1. The van der Waals surface area contributed by atoms with Crippen LogP contribution in [0.25, 0.3) is 11.1 Å². The van der Waals surface area contributed by atoms with Gasteiger partial charge < -0.3 is 26.0 Å². The van der Waals surface area contributed by atoms with Gasteiger partial charge in [0.15, 0.2) is 0 Å². The number of carboxylic acid groups (broad SMARTS) is 1. The van der Waals surface area contributed by atoms with E-state index in [1.165, 1.54) is 11.1 Å². The van der Waals surface area contributed by atoms with E-state index >= 15 is 0 Å². The number of hydrogen-bond acceptors (Lipinski definition) is 5. The van der Waals surface area contributed by atoms with E-state index in [4.69, 9.17) is 0 Å². The van der Waals surface area contributed by atoms with Crippen molar-refractivity contribution >= 4 is 35.2 Å². The second kappa shape index (κ2) is 13.4. The van der Waals surface area contributed by atoms with Gasteiger partial charge in [-0.3, -0.25) is 19.4 Å². The van der Waals surface area contributed by atoms with Crippen molar-refractivity contribution in [1.29, 1.82) is 0 Å². The Kier molecular flexibility index (Phi) is 9.06. The Morgan fingerprint density at radius 3 is 2.51 bits per heavy atom. The van der Waals surface area contributed by atoms with E-state index in [0.717, 1.165) is 16.7 Å². The molecule has 0 saturated carbocycles. The van der Waals surface area contributed by atoms with Gasteiger partial charge in [-0.2, -0.15) is 0 Å². The minimum atomic E-state index is -1.06. The Hall–Kier alpha value is -5.51. The van der Waals surface area contributed by atoms with Crippen LogP contribution >= 0.6 is 0 Å². The van der Waals surface area contributed by atoms with Gasteiger partial charge in [-0.05, 0) is 46.5 Å². The van der Waals surface area contributed by atoms with Crippen molar-refractivity contribution in [2.75, 3.05) is 16.8 Å². The first-order valence-corrected chi connectivity index (χ1v) is 13.9. The standard InChI is InChI=1S/C33H31N5O5/c39-30-16-25(32(42)37-29(18-31(40)41)24-11-7-15-34-19-24)21-38(30)27-13-6-12-26(17-27)36-33(43)35-20-23-10-4-5-14-28(23)22-8-2-1-3-9-22/h1-15,17,19,25,29H,16,18,20-21H2,(H,37,42)(H,40,41)(H2,35,36,43). The van der Waals surface area contributed by atoms with E-state index in [0.29, 0.717) is 23.5 Å². The maximum atomic E-state index is 13.1. The molecule has 43 heavy (non-hydrogen) atoms. The number of pyridine rings is 1. The number of urea groups is 1. The van der Waals surface area contributed by atoms with Gasteiger partial charge in [0.1, 0.15) is 0 Å². The van der Waals surface area contributed by atoms with Crippen LogP contribution in [0.2, 0.25) is 0 Å². The second-order valence-electron chi connectivity index (χ2n) is 10.2. The monoisotopic (exact) mass is 577 g/mol. The number of aliphatic carboxylic acids is 1. The Balaban J connectivity index is 1.20. The number of amides is 4. The van der Waals surface area contributed by atoms with Gasteiger partial charge in [-0.25, -0.2) is 4.79 Å². The smallest absolute Gasteiger partial charge is 0.319 e. The van der Waals surface area contributed by atoms with Crippen LogP contribution < -0.4 is 20.9 Å². The zero-order chi connectivity index (χ0) is 30.2. The predicted octanol–water partition coefficient (Wildman–Crippen LogP) is 4.76. The molecule has 0 bridgehead atoms. The van der Waals surface area contributed by atoms with Gasteiger partial charge in [0.2, 0.25) is 11.8 Å². The Morgan fingerprint density at radius 1 is 0.953 bits per heavy atom. The molecule has 1 aliphatic heterocycles. The summed E-state index contributed by atoms with van der Waals surface area (Å²) < 4.78 is 0. The highest BCUT2D eigenvalue weighted by atomic mass is 16.4. The quantitative estimate of drug-likeness (QED) is 0.214. The molecule has 10 heteroatoms. The number of carbonyl (C=O) groups excluding carboxylic acids is 3. The molecule has 10 nitrogen and oxygen atoms in total. The molecule has 1 aromatic heterocycles. The van der Waals surface area contributed by atoms with Gasteiger partial charge in [0.05, 0.1) is 18.4 Å². The largest absolute Gasteiger partial charge is 0.481 e. The van der Waals surface area contributed by atoms with Crippen molar-refractivity contribution in [2.45, 2.75) is 25.4 Å². The van der Waals surface area contributed by atoms with Crippen LogP contribution in [-0.2, 0) is 20.9 Å². The third kappa shape index (κ3) is 7.42. The highest BCUT2D eigenvalue weighted by molar-refractivity contribution is 6.01. The molecule has 218 valence electrons. The average Bonchev–Trinajstić information content (AvgIpc) is 3.42.